The molecule has 0 aliphatic carbocycles. The molecule has 28 heavy (non-hydrogen) atoms. The maximum absolute atomic E-state index is 9.68. The number of aliphatic hydroxyl groups is 1. The number of nitrogens with zero attached hydrogens (tertiary/aromatic N) is 2. The summed E-state index contributed by atoms with van der Waals surface area (Å²) in [6.45, 7) is 3.56. The van der Waals surface area contributed by atoms with E-state index in [9.17, 15) is 5.11 Å². The van der Waals surface area contributed by atoms with Gasteiger partial charge in [0, 0.05) is 36.3 Å². The Morgan fingerprint density at radius 1 is 1.18 bits per heavy atom. The van der Waals surface area contributed by atoms with E-state index in [2.05, 4.69) is 38.1 Å². The van der Waals surface area contributed by atoms with Gasteiger partial charge in [-0.3, -0.25) is 4.99 Å². The van der Waals surface area contributed by atoms with Crippen molar-refractivity contribution in [1.82, 2.24) is 15.6 Å². The van der Waals surface area contributed by atoms with E-state index < -0.39 is 0 Å². The number of hydrogen-bond donors (Lipinski definition) is 3. The molecule has 3 rings (SSSR count). The highest BCUT2D eigenvalue weighted by Crippen LogP contribution is 2.29. The Hall–Kier alpha value is -2.22. The van der Waals surface area contributed by atoms with Crippen molar-refractivity contribution in [2.75, 3.05) is 26.7 Å². The van der Waals surface area contributed by atoms with Crippen LogP contribution < -0.4 is 10.6 Å². The molecule has 0 aliphatic heterocycles. The predicted octanol–water partition coefficient (Wildman–Crippen LogP) is 3.66. The molecule has 1 atom stereocenters. The van der Waals surface area contributed by atoms with Crippen LogP contribution in [0.1, 0.15) is 21.4 Å². The number of rotatable bonds is 8. The molecule has 1 aromatic carbocycles. The standard InChI is InChI=1S/C21H26N4OS2/c1-15-25-19(14-27-15)20-9-8-18(28-20)10-11-23-21(22-2)24-12-17(13-26)16-6-4-3-5-7-16/h3-9,14,17,26H,10-13H2,1-2H3,(H2,22,23,24). The molecule has 3 aromatic rings. The lowest BCUT2D eigenvalue weighted by molar-refractivity contribution is 0.265. The lowest BCUT2D eigenvalue weighted by Gasteiger charge is -2.18. The van der Waals surface area contributed by atoms with E-state index in [0.29, 0.717) is 6.54 Å². The van der Waals surface area contributed by atoms with Crippen molar-refractivity contribution in [2.45, 2.75) is 19.3 Å². The number of nitrogens with one attached hydrogen (secondary N) is 2. The van der Waals surface area contributed by atoms with Gasteiger partial charge in [0.05, 0.1) is 22.2 Å². The van der Waals surface area contributed by atoms with Crippen molar-refractivity contribution in [2.24, 2.45) is 4.99 Å². The van der Waals surface area contributed by atoms with Crippen molar-refractivity contribution in [3.8, 4) is 10.6 Å². The van der Waals surface area contributed by atoms with Crippen molar-refractivity contribution >= 4 is 28.6 Å². The largest absolute Gasteiger partial charge is 0.396 e. The summed E-state index contributed by atoms with van der Waals surface area (Å²) in [5.74, 6) is 0.794. The summed E-state index contributed by atoms with van der Waals surface area (Å²) in [7, 11) is 1.76. The zero-order valence-electron chi connectivity index (χ0n) is 16.2. The molecule has 0 saturated heterocycles. The minimum Gasteiger partial charge on any atom is -0.396 e. The van der Waals surface area contributed by atoms with E-state index >= 15 is 0 Å². The van der Waals surface area contributed by atoms with Gasteiger partial charge in [0.1, 0.15) is 0 Å². The fourth-order valence-electron chi connectivity index (χ4n) is 2.88. The molecule has 0 fully saturated rings. The van der Waals surface area contributed by atoms with Crippen LogP contribution in [0.2, 0.25) is 0 Å². The summed E-state index contributed by atoms with van der Waals surface area (Å²) >= 11 is 3.47. The summed E-state index contributed by atoms with van der Waals surface area (Å²) in [4.78, 5) is 11.4. The number of thiazole rings is 1. The van der Waals surface area contributed by atoms with E-state index in [1.54, 1.807) is 29.7 Å². The van der Waals surface area contributed by atoms with Gasteiger partial charge in [-0.1, -0.05) is 30.3 Å². The smallest absolute Gasteiger partial charge is 0.191 e. The molecule has 2 heterocycles. The quantitative estimate of drug-likeness (QED) is 0.389. The topological polar surface area (TPSA) is 69.5 Å². The molecule has 0 bridgehead atoms. The zero-order chi connectivity index (χ0) is 19.8. The summed E-state index contributed by atoms with van der Waals surface area (Å²) in [5.41, 5.74) is 2.19. The van der Waals surface area contributed by atoms with Crippen molar-refractivity contribution < 1.29 is 5.11 Å². The molecule has 0 amide bonds. The van der Waals surface area contributed by atoms with E-state index in [4.69, 9.17) is 0 Å². The van der Waals surface area contributed by atoms with Crippen LogP contribution >= 0.6 is 22.7 Å². The van der Waals surface area contributed by atoms with Crippen molar-refractivity contribution in [3.63, 3.8) is 0 Å². The number of thiophene rings is 1. The lowest BCUT2D eigenvalue weighted by Crippen LogP contribution is -2.40. The summed E-state index contributed by atoms with van der Waals surface area (Å²) < 4.78 is 0. The number of aliphatic hydroxyl groups excluding tert-OH is 1. The third kappa shape index (κ3) is 5.64. The van der Waals surface area contributed by atoms with Gasteiger partial charge in [-0.25, -0.2) is 4.98 Å². The molecule has 2 aromatic heterocycles. The molecule has 5 nitrogen and oxygen atoms in total. The molecule has 3 N–H and O–H groups in total. The van der Waals surface area contributed by atoms with Crippen LogP contribution in [0.3, 0.4) is 0 Å². The molecule has 0 spiro atoms. The minimum atomic E-state index is 0.0428. The second-order valence-corrected chi connectivity index (χ2v) is 8.67. The average Bonchev–Trinajstić information content (AvgIpc) is 3.37. The van der Waals surface area contributed by atoms with E-state index in [-0.39, 0.29) is 12.5 Å². The van der Waals surface area contributed by atoms with Crippen LogP contribution in [0.5, 0.6) is 0 Å². The second kappa shape index (κ2) is 10.4. The summed E-state index contributed by atoms with van der Waals surface area (Å²) in [6.07, 6.45) is 0.927. The Bertz CT molecular complexity index is 889. The molecule has 0 radical (unpaired) electrons. The van der Waals surface area contributed by atoms with Gasteiger partial charge in [-0.2, -0.15) is 0 Å². The van der Waals surface area contributed by atoms with Gasteiger partial charge in [0.2, 0.25) is 0 Å². The third-order valence-corrected chi connectivity index (χ3v) is 6.37. The highest BCUT2D eigenvalue weighted by Gasteiger charge is 2.11. The maximum atomic E-state index is 9.68. The van der Waals surface area contributed by atoms with Gasteiger partial charge >= 0.3 is 0 Å². The number of hydrogen-bond acceptors (Lipinski definition) is 5. The zero-order valence-corrected chi connectivity index (χ0v) is 17.8. The first kappa shape index (κ1) is 20.5. The molecule has 148 valence electrons. The first-order chi connectivity index (χ1) is 13.7. The van der Waals surface area contributed by atoms with Gasteiger partial charge in [0.15, 0.2) is 5.96 Å². The number of guanidine groups is 1. The van der Waals surface area contributed by atoms with Gasteiger partial charge in [0.25, 0.3) is 0 Å². The van der Waals surface area contributed by atoms with Crippen LogP contribution in [0.4, 0.5) is 0 Å². The summed E-state index contributed by atoms with van der Waals surface area (Å²) in [5, 5.41) is 19.6. The SMILES string of the molecule is CN=C(NCCc1ccc(-c2csc(C)n2)s1)NCC(CO)c1ccccc1. The van der Waals surface area contributed by atoms with Gasteiger partial charge in [-0.05, 0) is 31.0 Å². The average molecular weight is 415 g/mol. The van der Waals surface area contributed by atoms with Crippen LogP contribution in [0.15, 0.2) is 52.8 Å². The normalized spacial score (nSPS) is 12.8. The van der Waals surface area contributed by atoms with Crippen molar-refractivity contribution in [1.29, 1.82) is 0 Å². The number of aliphatic imine (C=N–C) groups is 1. The number of aryl methyl sites for hydroxylation is 1. The molecule has 0 aliphatic rings. The fraction of sp³-hybridized carbons (Fsp3) is 0.333. The Kier molecular flexibility index (Phi) is 7.59. The van der Waals surface area contributed by atoms with Crippen LogP contribution in [-0.4, -0.2) is 42.8 Å². The van der Waals surface area contributed by atoms with Gasteiger partial charge in [-0.15, -0.1) is 22.7 Å². The van der Waals surface area contributed by atoms with Crippen LogP contribution in [0.25, 0.3) is 10.6 Å². The van der Waals surface area contributed by atoms with Crippen LogP contribution in [-0.2, 0) is 6.42 Å². The third-order valence-electron chi connectivity index (χ3n) is 4.43. The molecular weight excluding hydrogens is 388 g/mol. The highest BCUT2D eigenvalue weighted by molar-refractivity contribution is 7.16. The highest BCUT2D eigenvalue weighted by atomic mass is 32.1. The van der Waals surface area contributed by atoms with E-state index in [0.717, 1.165) is 35.2 Å². The number of aromatic nitrogens is 1. The molecular formula is C21H26N4OS2. The molecule has 0 saturated carbocycles. The van der Waals surface area contributed by atoms with Gasteiger partial charge < -0.3 is 15.7 Å². The Labute approximate surface area is 174 Å². The number of benzene rings is 1. The fourth-order valence-corrected chi connectivity index (χ4v) is 4.54. The van der Waals surface area contributed by atoms with Crippen LogP contribution in [0, 0.1) is 6.92 Å². The maximum Gasteiger partial charge on any atom is 0.191 e. The van der Waals surface area contributed by atoms with E-state index in [1.165, 1.54) is 9.75 Å². The minimum absolute atomic E-state index is 0.0428. The van der Waals surface area contributed by atoms with Crippen molar-refractivity contribution in [3.05, 3.63) is 63.3 Å². The first-order valence-corrected chi connectivity index (χ1v) is 11.0. The Morgan fingerprint density at radius 2 is 2.00 bits per heavy atom. The molecule has 7 heteroatoms. The summed E-state index contributed by atoms with van der Waals surface area (Å²) in [6, 6.07) is 14.4. The Balaban J connectivity index is 1.46. The molecule has 1 unspecified atom stereocenters. The monoisotopic (exact) mass is 414 g/mol. The first-order valence-electron chi connectivity index (χ1n) is 9.31. The van der Waals surface area contributed by atoms with E-state index in [1.807, 2.05) is 37.3 Å². The Morgan fingerprint density at radius 3 is 2.68 bits per heavy atom. The lowest BCUT2D eigenvalue weighted by atomic mass is 10.0. The predicted molar refractivity (Wildman–Crippen MR) is 120 cm³/mol. The second-order valence-electron chi connectivity index (χ2n) is 6.44.